The molecule has 0 N–H and O–H groups in total. The highest BCUT2D eigenvalue weighted by Crippen LogP contribution is 2.18. The van der Waals surface area contributed by atoms with Gasteiger partial charge in [0, 0.05) is 6.61 Å². The number of halogens is 1. The molecule has 1 aliphatic heterocycles. The molecule has 0 bridgehead atoms. The van der Waals surface area contributed by atoms with Crippen LogP contribution in [0, 0.1) is 5.82 Å². The van der Waals surface area contributed by atoms with Crippen molar-refractivity contribution in [3.05, 3.63) is 65.5 Å². The summed E-state index contributed by atoms with van der Waals surface area (Å²) in [6.45, 7) is 0.877. The molecule has 0 radical (unpaired) electrons. The van der Waals surface area contributed by atoms with Gasteiger partial charge in [-0.25, -0.2) is 14.0 Å². The number of hydrogen-bond acceptors (Lipinski definition) is 5. The van der Waals surface area contributed by atoms with E-state index in [-0.39, 0.29) is 29.6 Å². The van der Waals surface area contributed by atoms with Crippen molar-refractivity contribution in [1.29, 1.82) is 0 Å². The summed E-state index contributed by atoms with van der Waals surface area (Å²) in [7, 11) is 0. The minimum absolute atomic E-state index is 0.0639. The maximum Gasteiger partial charge on any atom is 0.346 e. The lowest BCUT2D eigenvalue weighted by Gasteiger charge is -2.11. The summed E-state index contributed by atoms with van der Waals surface area (Å²) in [5.41, 5.74) is 0.0747. The van der Waals surface area contributed by atoms with Crippen LogP contribution in [0.5, 0.6) is 5.75 Å². The van der Waals surface area contributed by atoms with Gasteiger partial charge in [-0.05, 0) is 43.2 Å². The zero-order chi connectivity index (χ0) is 17.6. The molecule has 3 rings (SSSR count). The van der Waals surface area contributed by atoms with Gasteiger partial charge in [0.05, 0.1) is 17.2 Å². The Morgan fingerprint density at radius 1 is 1.12 bits per heavy atom. The molecule has 130 valence electrons. The molecule has 25 heavy (non-hydrogen) atoms. The quantitative estimate of drug-likeness (QED) is 0.615. The minimum atomic E-state index is -0.831. The van der Waals surface area contributed by atoms with Gasteiger partial charge in [-0.2, -0.15) is 0 Å². The van der Waals surface area contributed by atoms with Crippen LogP contribution in [0.4, 0.5) is 4.39 Å². The summed E-state index contributed by atoms with van der Waals surface area (Å²) in [5.74, 6) is -1.89. The van der Waals surface area contributed by atoms with Crippen LogP contribution in [-0.4, -0.2) is 31.3 Å². The predicted octanol–water partition coefficient (Wildman–Crippen LogP) is 3.38. The summed E-state index contributed by atoms with van der Waals surface area (Å²) in [4.78, 5) is 24.1. The largest absolute Gasteiger partial charge is 0.459 e. The average Bonchev–Trinajstić information content (AvgIpc) is 3.14. The lowest BCUT2D eigenvalue weighted by atomic mass is 10.2. The Labute approximate surface area is 144 Å². The van der Waals surface area contributed by atoms with Crippen molar-refractivity contribution in [2.75, 3.05) is 13.2 Å². The van der Waals surface area contributed by atoms with Gasteiger partial charge in [0.2, 0.25) is 0 Å². The maximum absolute atomic E-state index is 13.6. The maximum atomic E-state index is 13.6. The molecule has 0 aromatic heterocycles. The third-order valence-electron chi connectivity index (χ3n) is 3.80. The van der Waals surface area contributed by atoms with E-state index in [1.54, 1.807) is 18.2 Å². The minimum Gasteiger partial charge on any atom is -0.459 e. The molecular formula is C19H17FO5. The van der Waals surface area contributed by atoms with E-state index in [9.17, 15) is 14.0 Å². The Hall–Kier alpha value is -2.73. The Kier molecular flexibility index (Phi) is 5.40. The molecule has 0 aliphatic carbocycles. The second kappa shape index (κ2) is 7.90. The molecule has 5 nitrogen and oxygen atoms in total. The smallest absolute Gasteiger partial charge is 0.346 e. The third-order valence-corrected chi connectivity index (χ3v) is 3.80. The molecule has 1 atom stereocenters. The summed E-state index contributed by atoms with van der Waals surface area (Å²) < 4.78 is 29.4. The molecule has 0 saturated carbocycles. The number of hydrogen-bond donors (Lipinski definition) is 0. The fourth-order valence-corrected chi connectivity index (χ4v) is 2.50. The van der Waals surface area contributed by atoms with E-state index in [1.807, 2.05) is 0 Å². The van der Waals surface area contributed by atoms with Crippen LogP contribution in [-0.2, 0) is 9.47 Å². The van der Waals surface area contributed by atoms with Crippen molar-refractivity contribution in [1.82, 2.24) is 0 Å². The van der Waals surface area contributed by atoms with Gasteiger partial charge < -0.3 is 14.2 Å². The zero-order valence-corrected chi connectivity index (χ0v) is 13.4. The van der Waals surface area contributed by atoms with Crippen molar-refractivity contribution in [3.63, 3.8) is 0 Å². The van der Waals surface area contributed by atoms with Crippen LogP contribution in [0.25, 0.3) is 0 Å². The molecule has 6 heteroatoms. The standard InChI is InChI=1S/C19H17FO5/c20-17-9-2-1-8-16(17)19(22)25-14-6-3-5-13(11-14)18(21)24-12-15-7-4-10-23-15/h1-3,5-6,8-9,11,15H,4,7,10,12H2. The molecule has 1 aliphatic rings. The Bertz CT molecular complexity index is 768. The van der Waals surface area contributed by atoms with E-state index < -0.39 is 17.8 Å². The van der Waals surface area contributed by atoms with Gasteiger partial charge in [0.15, 0.2) is 0 Å². The van der Waals surface area contributed by atoms with E-state index >= 15 is 0 Å². The fraction of sp³-hybridized carbons (Fsp3) is 0.263. The van der Waals surface area contributed by atoms with E-state index in [2.05, 4.69) is 0 Å². The number of rotatable bonds is 5. The van der Waals surface area contributed by atoms with Gasteiger partial charge in [-0.1, -0.05) is 18.2 Å². The Balaban J connectivity index is 1.63. The molecule has 1 unspecified atom stereocenters. The Morgan fingerprint density at radius 3 is 2.72 bits per heavy atom. The van der Waals surface area contributed by atoms with Crippen LogP contribution in [0.3, 0.4) is 0 Å². The summed E-state index contributed by atoms with van der Waals surface area (Å²) in [6, 6.07) is 11.5. The van der Waals surface area contributed by atoms with Crippen molar-refractivity contribution < 1.29 is 28.2 Å². The highest BCUT2D eigenvalue weighted by atomic mass is 19.1. The molecule has 2 aromatic carbocycles. The normalized spacial score (nSPS) is 16.4. The van der Waals surface area contributed by atoms with Gasteiger partial charge in [-0.3, -0.25) is 0 Å². The monoisotopic (exact) mass is 344 g/mol. The van der Waals surface area contributed by atoms with Crippen molar-refractivity contribution >= 4 is 11.9 Å². The molecule has 0 spiro atoms. The molecule has 1 saturated heterocycles. The summed E-state index contributed by atoms with van der Waals surface area (Å²) in [5, 5.41) is 0. The van der Waals surface area contributed by atoms with Crippen molar-refractivity contribution in [2.24, 2.45) is 0 Å². The first kappa shape index (κ1) is 17.1. The number of esters is 2. The molecule has 2 aromatic rings. The topological polar surface area (TPSA) is 61.8 Å². The zero-order valence-electron chi connectivity index (χ0n) is 13.4. The van der Waals surface area contributed by atoms with Crippen LogP contribution < -0.4 is 4.74 Å². The number of carbonyl (C=O) groups excluding carboxylic acids is 2. The highest BCUT2D eigenvalue weighted by Gasteiger charge is 2.19. The van der Waals surface area contributed by atoms with E-state index in [1.165, 1.54) is 30.3 Å². The lowest BCUT2D eigenvalue weighted by molar-refractivity contribution is 0.0161. The fourth-order valence-electron chi connectivity index (χ4n) is 2.50. The molecular weight excluding hydrogens is 327 g/mol. The van der Waals surface area contributed by atoms with E-state index in [0.717, 1.165) is 12.8 Å². The predicted molar refractivity (Wildman–Crippen MR) is 87.1 cm³/mol. The van der Waals surface area contributed by atoms with E-state index in [4.69, 9.17) is 14.2 Å². The first-order chi connectivity index (χ1) is 12.1. The first-order valence-electron chi connectivity index (χ1n) is 7.99. The number of benzene rings is 2. The van der Waals surface area contributed by atoms with Crippen molar-refractivity contribution in [3.8, 4) is 5.75 Å². The first-order valence-corrected chi connectivity index (χ1v) is 7.99. The molecule has 0 amide bonds. The third kappa shape index (κ3) is 4.42. The second-order valence-corrected chi connectivity index (χ2v) is 5.63. The van der Waals surface area contributed by atoms with Crippen LogP contribution in [0.15, 0.2) is 48.5 Å². The SMILES string of the molecule is O=C(OCC1CCCO1)c1cccc(OC(=O)c2ccccc2F)c1. The summed E-state index contributed by atoms with van der Waals surface area (Å²) in [6.07, 6.45) is 1.77. The summed E-state index contributed by atoms with van der Waals surface area (Å²) >= 11 is 0. The highest BCUT2D eigenvalue weighted by molar-refractivity contribution is 5.92. The van der Waals surface area contributed by atoms with Crippen LogP contribution in [0.2, 0.25) is 0 Å². The van der Waals surface area contributed by atoms with Gasteiger partial charge in [-0.15, -0.1) is 0 Å². The van der Waals surface area contributed by atoms with Crippen molar-refractivity contribution in [2.45, 2.75) is 18.9 Å². The van der Waals surface area contributed by atoms with Gasteiger partial charge in [0.1, 0.15) is 18.2 Å². The Morgan fingerprint density at radius 2 is 1.96 bits per heavy atom. The van der Waals surface area contributed by atoms with Gasteiger partial charge in [0.25, 0.3) is 0 Å². The number of carbonyl (C=O) groups is 2. The van der Waals surface area contributed by atoms with Gasteiger partial charge >= 0.3 is 11.9 Å². The van der Waals surface area contributed by atoms with E-state index in [0.29, 0.717) is 6.61 Å². The molecule has 1 heterocycles. The lowest BCUT2D eigenvalue weighted by Crippen LogP contribution is -2.18. The average molecular weight is 344 g/mol. The van der Waals surface area contributed by atoms with Crippen LogP contribution in [0.1, 0.15) is 33.6 Å². The van der Waals surface area contributed by atoms with Crippen LogP contribution >= 0.6 is 0 Å². The second-order valence-electron chi connectivity index (χ2n) is 5.63. The molecule has 1 fully saturated rings. The number of ether oxygens (including phenoxy) is 3.